The molecule has 0 atom stereocenters. The molecule has 0 unspecified atom stereocenters. The van der Waals surface area contributed by atoms with Crippen molar-refractivity contribution in [2.45, 2.75) is 0 Å². The third-order valence-electron chi connectivity index (χ3n) is 0. The van der Waals surface area contributed by atoms with Gasteiger partial charge in [0.2, 0.25) is 0 Å². The Labute approximate surface area is 128 Å². The zero-order chi connectivity index (χ0) is 0. The summed E-state index contributed by atoms with van der Waals surface area (Å²) in [5.41, 5.74) is 0. The molecule has 0 spiro atoms. The molecule has 0 aliphatic carbocycles. The molecule has 0 aromatic rings. The number of rotatable bonds is 0. The molecule has 6 heteroatoms. The van der Waals surface area contributed by atoms with Gasteiger partial charge in [0.25, 0.3) is 0 Å². The molecule has 0 bridgehead atoms. The van der Waals surface area contributed by atoms with Gasteiger partial charge in [0, 0.05) is 49.4 Å². The molecule has 0 saturated carbocycles. The molecular weight excluding hydrogens is 378 g/mol. The Morgan fingerprint density at radius 3 is 0.500 bits per heavy atom. The molecule has 0 amide bonds. The molecule has 0 aromatic heterocycles. The minimum Gasteiger partial charge on any atom is -2.00 e. The van der Waals surface area contributed by atoms with Crippen molar-refractivity contribution in [2.24, 2.45) is 0 Å². The summed E-state index contributed by atoms with van der Waals surface area (Å²) in [6.45, 7) is 0. The second-order valence-electron chi connectivity index (χ2n) is 0. The zero-order valence-electron chi connectivity index (χ0n) is 2.76. The molecule has 3 nitrogen and oxygen atoms in total. The summed E-state index contributed by atoms with van der Waals surface area (Å²) in [6.07, 6.45) is 0. The molecule has 0 aromatic carbocycles. The molecule has 31 valence electrons. The van der Waals surface area contributed by atoms with Crippen LogP contribution < -0.4 is 0 Å². The first-order valence-corrected chi connectivity index (χ1v) is 0. The second-order valence-corrected chi connectivity index (χ2v) is 0. The molecule has 1 radical (unpaired) electrons. The van der Waals surface area contributed by atoms with Gasteiger partial charge >= 0.3 is 65.4 Å². The first-order valence-electron chi connectivity index (χ1n) is 0. The maximum absolute atomic E-state index is 0. The van der Waals surface area contributed by atoms with Crippen molar-refractivity contribution >= 4 is 0 Å². The summed E-state index contributed by atoms with van der Waals surface area (Å²) < 4.78 is 0. The summed E-state index contributed by atoms with van der Waals surface area (Å²) >= 11 is 0. The van der Waals surface area contributed by atoms with Crippen molar-refractivity contribution in [3.63, 3.8) is 0 Å². The van der Waals surface area contributed by atoms with Crippen LogP contribution in [-0.4, -0.2) is 0 Å². The van der Waals surface area contributed by atoms with Gasteiger partial charge < -0.3 is 16.4 Å². The normalized spacial score (nSPS) is 0. The zero-order valence-corrected chi connectivity index (χ0v) is 10.9. The summed E-state index contributed by atoms with van der Waals surface area (Å²) in [5, 5.41) is 0. The van der Waals surface area contributed by atoms with E-state index in [0.29, 0.717) is 0 Å². The molecular formula is EuO3Y2. The Hall–Kier alpha value is 3.67. The van der Waals surface area contributed by atoms with E-state index in [2.05, 4.69) is 0 Å². The summed E-state index contributed by atoms with van der Waals surface area (Å²) in [5.74, 6) is 0. The Balaban J connectivity index is 0. The first-order chi connectivity index (χ1) is 0. The minimum atomic E-state index is 0. The molecule has 0 N–H and O–H groups in total. The third-order valence-corrected chi connectivity index (χ3v) is 0. The topological polar surface area (TPSA) is 85.5 Å². The van der Waals surface area contributed by atoms with Crippen molar-refractivity contribution < 1.29 is 131 Å². The molecule has 0 heterocycles. The van der Waals surface area contributed by atoms with Gasteiger partial charge in [0.05, 0.1) is 0 Å². The van der Waals surface area contributed by atoms with Gasteiger partial charge in [-0.05, 0) is 0 Å². The van der Waals surface area contributed by atoms with Crippen molar-refractivity contribution in [3.8, 4) is 0 Å². The van der Waals surface area contributed by atoms with Crippen molar-refractivity contribution in [1.82, 2.24) is 0 Å². The van der Waals surface area contributed by atoms with Crippen LogP contribution in [0.5, 0.6) is 0 Å². The predicted octanol–water partition coefficient (Wildman–Crippen LogP) is -0.361. The van der Waals surface area contributed by atoms with Crippen LogP contribution >= 0.6 is 0 Å². The van der Waals surface area contributed by atoms with Crippen LogP contribution in [0.1, 0.15) is 0 Å². The molecule has 0 saturated heterocycles. The van der Waals surface area contributed by atoms with Crippen LogP contribution in [0.2, 0.25) is 0 Å². The quantitative estimate of drug-likeness (QED) is 0.552. The van der Waals surface area contributed by atoms with Crippen LogP contribution in [0.15, 0.2) is 0 Å². The van der Waals surface area contributed by atoms with E-state index < -0.39 is 0 Å². The van der Waals surface area contributed by atoms with Crippen LogP contribution in [0.3, 0.4) is 0 Å². The van der Waals surface area contributed by atoms with E-state index in [1.54, 1.807) is 0 Å². The van der Waals surface area contributed by atoms with E-state index in [9.17, 15) is 0 Å². The van der Waals surface area contributed by atoms with Crippen molar-refractivity contribution in [3.05, 3.63) is 0 Å². The van der Waals surface area contributed by atoms with Gasteiger partial charge in [0.1, 0.15) is 0 Å². The van der Waals surface area contributed by atoms with Gasteiger partial charge in [-0.3, -0.25) is 0 Å². The largest absolute Gasteiger partial charge is 3.00 e. The maximum Gasteiger partial charge on any atom is 3.00 e. The second kappa shape index (κ2) is 37.9. The van der Waals surface area contributed by atoms with Crippen LogP contribution in [0.25, 0.3) is 0 Å². The standard InChI is InChI=1S/Eu.3O.2Y/q;3*-2;2*+3. The van der Waals surface area contributed by atoms with Gasteiger partial charge in [-0.25, -0.2) is 0 Å². The third kappa shape index (κ3) is 25.3. The summed E-state index contributed by atoms with van der Waals surface area (Å²) in [4.78, 5) is 0. The van der Waals surface area contributed by atoms with Crippen LogP contribution in [0.4, 0.5) is 0 Å². The maximum atomic E-state index is 0. The molecule has 0 rings (SSSR count). The fraction of sp³-hybridized carbons (Fsp3) is 0. The van der Waals surface area contributed by atoms with E-state index in [4.69, 9.17) is 0 Å². The average molecular weight is 378 g/mol. The minimum absolute atomic E-state index is 0. The number of hydrogen-bond donors (Lipinski definition) is 0. The number of hydrogen-bond acceptors (Lipinski definition) is 0. The van der Waals surface area contributed by atoms with E-state index in [1.165, 1.54) is 0 Å². The Kier molecular flexibility index (Phi) is 340. The van der Waals surface area contributed by atoms with Gasteiger partial charge in [-0.15, -0.1) is 0 Å². The van der Waals surface area contributed by atoms with Gasteiger partial charge in [0.15, 0.2) is 0 Å². The van der Waals surface area contributed by atoms with Crippen LogP contribution in [0, 0.1) is 49.4 Å². The van der Waals surface area contributed by atoms with E-state index in [0.717, 1.165) is 0 Å². The smallest absolute Gasteiger partial charge is 2.00 e. The molecule has 6 heavy (non-hydrogen) atoms. The monoisotopic (exact) mass is 379 g/mol. The predicted molar refractivity (Wildman–Crippen MR) is 2.06 cm³/mol. The Morgan fingerprint density at radius 2 is 0.500 bits per heavy atom. The molecule has 0 aliphatic heterocycles. The Morgan fingerprint density at radius 1 is 0.500 bits per heavy atom. The SMILES string of the molecule is [Eu].[O-2].[O-2].[O-2].[Y+3].[Y+3]. The summed E-state index contributed by atoms with van der Waals surface area (Å²) in [6, 6.07) is 0. The van der Waals surface area contributed by atoms with Crippen molar-refractivity contribution in [1.29, 1.82) is 0 Å². The fourth-order valence-corrected chi connectivity index (χ4v) is 0. The molecule has 0 fully saturated rings. The van der Waals surface area contributed by atoms with E-state index >= 15 is 0 Å². The van der Waals surface area contributed by atoms with Gasteiger partial charge in [-0.2, -0.15) is 0 Å². The summed E-state index contributed by atoms with van der Waals surface area (Å²) in [7, 11) is 0. The van der Waals surface area contributed by atoms with E-state index in [-0.39, 0.29) is 131 Å². The van der Waals surface area contributed by atoms with Crippen molar-refractivity contribution in [2.75, 3.05) is 0 Å². The van der Waals surface area contributed by atoms with Crippen LogP contribution in [-0.2, 0) is 81.8 Å². The first kappa shape index (κ1) is 53.9. The fourth-order valence-electron chi connectivity index (χ4n) is 0. The van der Waals surface area contributed by atoms with Gasteiger partial charge in [-0.1, -0.05) is 0 Å². The average Bonchev–Trinajstić information content (AvgIpc) is 0. The Bertz CT molecular complexity index is 8.75. The van der Waals surface area contributed by atoms with E-state index in [1.807, 2.05) is 0 Å². The molecule has 0 aliphatic rings.